The quantitative estimate of drug-likeness (QED) is 0.658. The van der Waals surface area contributed by atoms with Gasteiger partial charge in [0.2, 0.25) is 5.95 Å². The predicted octanol–water partition coefficient (Wildman–Crippen LogP) is 2.54. The van der Waals surface area contributed by atoms with Gasteiger partial charge in [0.25, 0.3) is 0 Å². The highest BCUT2D eigenvalue weighted by molar-refractivity contribution is 9.10. The van der Waals surface area contributed by atoms with Gasteiger partial charge in [0, 0.05) is 6.07 Å². The first-order chi connectivity index (χ1) is 4.91. The number of hydrogen-bond donors (Lipinski definition) is 0. The van der Waals surface area contributed by atoms with Crippen LogP contribution >= 0.6 is 15.9 Å². The van der Waals surface area contributed by atoms with E-state index in [-0.39, 0.29) is 5.54 Å². The Balaban J connectivity index is 3.13. The van der Waals surface area contributed by atoms with Gasteiger partial charge in [0.1, 0.15) is 4.60 Å². The maximum absolute atomic E-state index is 12.6. The second-order valence-corrected chi connectivity index (χ2v) is 4.18. The van der Waals surface area contributed by atoms with Crippen LogP contribution in [0.4, 0.5) is 4.39 Å². The molecule has 0 radical (unpaired) electrons. The molecule has 11 heavy (non-hydrogen) atoms. The molecule has 0 saturated heterocycles. The van der Waals surface area contributed by atoms with Crippen LogP contribution in [0.2, 0.25) is 0 Å². The van der Waals surface area contributed by atoms with Gasteiger partial charge < -0.3 is 0 Å². The topological polar surface area (TPSA) is 17.8 Å². The third kappa shape index (κ3) is 1.80. The fourth-order valence-electron chi connectivity index (χ4n) is 0.802. The summed E-state index contributed by atoms with van der Waals surface area (Å²) in [7, 11) is 0. The van der Waals surface area contributed by atoms with Gasteiger partial charge in [-0.2, -0.15) is 4.39 Å². The van der Waals surface area contributed by atoms with Crippen molar-refractivity contribution in [1.82, 2.24) is 9.78 Å². The van der Waals surface area contributed by atoms with Gasteiger partial charge >= 0.3 is 0 Å². The second kappa shape index (κ2) is 2.59. The van der Waals surface area contributed by atoms with Gasteiger partial charge in [-0.3, -0.25) is 4.68 Å². The average molecular weight is 221 g/mol. The van der Waals surface area contributed by atoms with Crippen LogP contribution in [-0.2, 0) is 5.54 Å². The van der Waals surface area contributed by atoms with E-state index in [1.807, 2.05) is 20.8 Å². The predicted molar refractivity (Wildman–Crippen MR) is 44.9 cm³/mol. The van der Waals surface area contributed by atoms with E-state index in [4.69, 9.17) is 0 Å². The summed E-state index contributed by atoms with van der Waals surface area (Å²) in [5.74, 6) is -0.452. The Morgan fingerprint density at radius 2 is 2.09 bits per heavy atom. The van der Waals surface area contributed by atoms with Crippen molar-refractivity contribution >= 4 is 15.9 Å². The van der Waals surface area contributed by atoms with Crippen molar-refractivity contribution in [3.8, 4) is 0 Å². The summed E-state index contributed by atoms with van der Waals surface area (Å²) in [4.78, 5) is 0. The minimum Gasteiger partial charge on any atom is -0.250 e. The molecule has 62 valence electrons. The van der Waals surface area contributed by atoms with Gasteiger partial charge in [-0.25, -0.2) is 0 Å². The minimum atomic E-state index is -0.452. The number of halogens is 2. The molecule has 0 saturated carbocycles. The van der Waals surface area contributed by atoms with E-state index < -0.39 is 5.95 Å². The van der Waals surface area contributed by atoms with Crippen LogP contribution in [0.25, 0.3) is 0 Å². The van der Waals surface area contributed by atoms with Crippen LogP contribution in [-0.4, -0.2) is 9.78 Å². The molecule has 0 fully saturated rings. The molecular formula is C7H10BrFN2. The summed E-state index contributed by atoms with van der Waals surface area (Å²) in [6, 6.07) is 1.35. The lowest BCUT2D eigenvalue weighted by Crippen LogP contribution is -2.23. The third-order valence-corrected chi connectivity index (χ3v) is 1.84. The largest absolute Gasteiger partial charge is 0.250 e. The minimum absolute atomic E-state index is 0.177. The maximum Gasteiger partial charge on any atom is 0.233 e. The zero-order chi connectivity index (χ0) is 8.65. The van der Waals surface area contributed by atoms with Crippen LogP contribution in [0.15, 0.2) is 10.7 Å². The normalized spacial score (nSPS) is 12.1. The summed E-state index contributed by atoms with van der Waals surface area (Å²) in [6.07, 6.45) is 0. The van der Waals surface area contributed by atoms with Gasteiger partial charge in [0.15, 0.2) is 0 Å². The van der Waals surface area contributed by atoms with Crippen LogP contribution < -0.4 is 0 Å². The fourth-order valence-corrected chi connectivity index (χ4v) is 1.60. The average Bonchev–Trinajstić information content (AvgIpc) is 2.08. The highest BCUT2D eigenvalue weighted by Crippen LogP contribution is 2.20. The first-order valence-corrected chi connectivity index (χ1v) is 4.12. The molecule has 0 N–H and O–H groups in total. The van der Waals surface area contributed by atoms with Crippen molar-refractivity contribution in [3.05, 3.63) is 16.6 Å². The SMILES string of the molecule is CC(C)(C)n1nc(F)cc1Br. The molecule has 0 aliphatic carbocycles. The van der Waals surface area contributed by atoms with E-state index in [2.05, 4.69) is 21.0 Å². The Labute approximate surface area is 73.5 Å². The van der Waals surface area contributed by atoms with E-state index in [1.165, 1.54) is 6.07 Å². The van der Waals surface area contributed by atoms with Gasteiger partial charge in [-0.1, -0.05) is 0 Å². The molecule has 0 bridgehead atoms. The van der Waals surface area contributed by atoms with Crippen molar-refractivity contribution in [3.63, 3.8) is 0 Å². The molecule has 1 aromatic rings. The molecule has 1 rings (SSSR count). The molecular weight excluding hydrogens is 211 g/mol. The Hall–Kier alpha value is -0.380. The molecule has 0 amide bonds. The van der Waals surface area contributed by atoms with Crippen LogP contribution in [0.3, 0.4) is 0 Å². The van der Waals surface area contributed by atoms with Gasteiger partial charge in [-0.05, 0) is 36.7 Å². The first-order valence-electron chi connectivity index (χ1n) is 3.33. The summed E-state index contributed by atoms with van der Waals surface area (Å²) in [5, 5.41) is 3.68. The number of nitrogens with zero attached hydrogens (tertiary/aromatic N) is 2. The molecule has 0 aliphatic rings. The van der Waals surface area contributed by atoms with Gasteiger partial charge in [0.05, 0.1) is 5.54 Å². The van der Waals surface area contributed by atoms with Crippen molar-refractivity contribution in [2.45, 2.75) is 26.3 Å². The second-order valence-electron chi connectivity index (χ2n) is 3.37. The molecule has 0 aromatic carbocycles. The number of rotatable bonds is 0. The van der Waals surface area contributed by atoms with Crippen molar-refractivity contribution < 1.29 is 4.39 Å². The molecule has 2 nitrogen and oxygen atoms in total. The van der Waals surface area contributed by atoms with Gasteiger partial charge in [-0.15, -0.1) is 5.10 Å². The Bertz CT molecular complexity index is 262. The molecule has 1 heterocycles. The highest BCUT2D eigenvalue weighted by atomic mass is 79.9. The Kier molecular flexibility index (Phi) is 2.05. The summed E-state index contributed by atoms with van der Waals surface area (Å²) >= 11 is 3.21. The lowest BCUT2D eigenvalue weighted by atomic mass is 10.1. The van der Waals surface area contributed by atoms with E-state index in [9.17, 15) is 4.39 Å². The third-order valence-electron chi connectivity index (χ3n) is 1.27. The Morgan fingerprint density at radius 3 is 2.27 bits per heavy atom. The fraction of sp³-hybridized carbons (Fsp3) is 0.571. The monoisotopic (exact) mass is 220 g/mol. The zero-order valence-electron chi connectivity index (χ0n) is 6.73. The standard InChI is InChI=1S/C7H10BrFN2/c1-7(2,3)11-5(8)4-6(9)10-11/h4H,1-3H3. The van der Waals surface area contributed by atoms with Crippen molar-refractivity contribution in [2.24, 2.45) is 0 Å². The molecule has 1 aromatic heterocycles. The van der Waals surface area contributed by atoms with Crippen LogP contribution in [0.1, 0.15) is 20.8 Å². The van der Waals surface area contributed by atoms with E-state index >= 15 is 0 Å². The van der Waals surface area contributed by atoms with E-state index in [0.717, 1.165) is 0 Å². The summed E-state index contributed by atoms with van der Waals surface area (Å²) < 4.78 is 14.8. The molecule has 0 unspecified atom stereocenters. The smallest absolute Gasteiger partial charge is 0.233 e. The number of aromatic nitrogens is 2. The number of hydrogen-bond acceptors (Lipinski definition) is 1. The zero-order valence-corrected chi connectivity index (χ0v) is 8.31. The Morgan fingerprint density at radius 1 is 1.55 bits per heavy atom. The van der Waals surface area contributed by atoms with E-state index in [0.29, 0.717) is 4.60 Å². The maximum atomic E-state index is 12.6. The van der Waals surface area contributed by atoms with Crippen LogP contribution in [0, 0.1) is 5.95 Å². The molecule has 0 aliphatic heterocycles. The highest BCUT2D eigenvalue weighted by Gasteiger charge is 2.17. The van der Waals surface area contributed by atoms with E-state index in [1.54, 1.807) is 4.68 Å². The molecule has 0 atom stereocenters. The first kappa shape index (κ1) is 8.71. The summed E-state index contributed by atoms with van der Waals surface area (Å²) in [6.45, 7) is 5.89. The van der Waals surface area contributed by atoms with Crippen molar-refractivity contribution in [2.75, 3.05) is 0 Å². The van der Waals surface area contributed by atoms with Crippen LogP contribution in [0.5, 0.6) is 0 Å². The molecule has 0 spiro atoms. The molecule has 4 heteroatoms. The summed E-state index contributed by atoms with van der Waals surface area (Å²) in [5.41, 5.74) is -0.177. The van der Waals surface area contributed by atoms with Crippen molar-refractivity contribution in [1.29, 1.82) is 0 Å². The lowest BCUT2D eigenvalue weighted by Gasteiger charge is -2.19. The lowest BCUT2D eigenvalue weighted by molar-refractivity contribution is 0.336.